The summed E-state index contributed by atoms with van der Waals surface area (Å²) in [5.74, 6) is -3.30. The van der Waals surface area contributed by atoms with Crippen LogP contribution in [-0.4, -0.2) is 43.2 Å². The van der Waals surface area contributed by atoms with Crippen molar-refractivity contribution in [3.05, 3.63) is 45.8 Å². The van der Waals surface area contributed by atoms with Crippen LogP contribution in [0.2, 0.25) is 0 Å². The van der Waals surface area contributed by atoms with Gasteiger partial charge in [0.2, 0.25) is 0 Å². The van der Waals surface area contributed by atoms with Crippen molar-refractivity contribution in [1.82, 2.24) is 0 Å². The minimum absolute atomic E-state index is 0.0296. The largest absolute Gasteiger partial charge is 0.573 e. The molecule has 0 fully saturated rings. The first-order valence-corrected chi connectivity index (χ1v) is 9.88. The van der Waals surface area contributed by atoms with Crippen LogP contribution < -0.4 is 10.1 Å². The Bertz CT molecular complexity index is 1030. The second-order valence-corrected chi connectivity index (χ2v) is 7.25. The molecule has 0 radical (unpaired) electrons. The van der Waals surface area contributed by atoms with E-state index in [1.54, 1.807) is 13.8 Å². The first kappa shape index (κ1) is 24.9. The maximum absolute atomic E-state index is 12.2. The highest BCUT2D eigenvalue weighted by atomic mass is 32.1. The number of esters is 2. The molecule has 1 heterocycles. The number of anilines is 1. The van der Waals surface area contributed by atoms with Crippen molar-refractivity contribution >= 4 is 40.0 Å². The summed E-state index contributed by atoms with van der Waals surface area (Å²) in [6, 6.07) is 3.94. The van der Waals surface area contributed by atoms with Crippen molar-refractivity contribution in [3.63, 3.8) is 0 Å². The summed E-state index contributed by atoms with van der Waals surface area (Å²) in [4.78, 5) is 48.5. The molecule has 32 heavy (non-hydrogen) atoms. The van der Waals surface area contributed by atoms with E-state index in [-0.39, 0.29) is 33.4 Å². The fourth-order valence-corrected chi connectivity index (χ4v) is 3.66. The normalized spacial score (nSPS) is 10.9. The van der Waals surface area contributed by atoms with Crippen LogP contribution in [0.3, 0.4) is 0 Å². The van der Waals surface area contributed by atoms with E-state index in [0.29, 0.717) is 5.56 Å². The summed E-state index contributed by atoms with van der Waals surface area (Å²) in [6.07, 6.45) is -4.87. The number of benzene rings is 1. The van der Waals surface area contributed by atoms with E-state index >= 15 is 0 Å². The Balaban J connectivity index is 2.05. The molecule has 8 nitrogen and oxygen atoms in total. The van der Waals surface area contributed by atoms with Crippen molar-refractivity contribution in [3.8, 4) is 5.75 Å². The van der Waals surface area contributed by atoms with Gasteiger partial charge >= 0.3 is 18.3 Å². The number of halogens is 3. The van der Waals surface area contributed by atoms with Crippen LogP contribution in [0.1, 0.15) is 49.8 Å². The van der Waals surface area contributed by atoms with E-state index in [2.05, 4.69) is 10.1 Å². The second-order valence-electron chi connectivity index (χ2n) is 6.23. The maximum atomic E-state index is 12.2. The van der Waals surface area contributed by atoms with Crippen LogP contribution in [0.4, 0.5) is 18.2 Å². The average Bonchev–Trinajstić information content (AvgIpc) is 3.01. The molecule has 0 spiro atoms. The number of nitrogens with one attached hydrogen (secondary N) is 1. The summed E-state index contributed by atoms with van der Waals surface area (Å²) in [6.45, 7) is 3.80. The summed E-state index contributed by atoms with van der Waals surface area (Å²) in [7, 11) is 0. The Labute approximate surface area is 184 Å². The SMILES string of the molecule is CCOC(=O)c1c(NC(=O)COC(=O)c2ccc(OC(F)(F)F)cc2)sc(C(C)=O)c1C. The van der Waals surface area contributed by atoms with E-state index in [4.69, 9.17) is 9.47 Å². The molecular formula is C20H18F3NO7S. The predicted molar refractivity (Wildman–Crippen MR) is 107 cm³/mol. The van der Waals surface area contributed by atoms with E-state index in [0.717, 1.165) is 35.6 Å². The Morgan fingerprint density at radius 2 is 1.66 bits per heavy atom. The number of carbonyl (C=O) groups excluding carboxylic acids is 4. The number of carbonyl (C=O) groups is 4. The average molecular weight is 473 g/mol. The van der Waals surface area contributed by atoms with Gasteiger partial charge in [-0.1, -0.05) is 0 Å². The van der Waals surface area contributed by atoms with Gasteiger partial charge in [-0.05, 0) is 50.6 Å². The number of amides is 1. The molecule has 1 aromatic heterocycles. The highest BCUT2D eigenvalue weighted by Gasteiger charge is 2.31. The summed E-state index contributed by atoms with van der Waals surface area (Å²) in [5.41, 5.74) is 0.279. The number of ether oxygens (including phenoxy) is 3. The molecule has 2 aromatic rings. The smallest absolute Gasteiger partial charge is 0.462 e. The van der Waals surface area contributed by atoms with Gasteiger partial charge in [0.15, 0.2) is 12.4 Å². The van der Waals surface area contributed by atoms with Crippen LogP contribution >= 0.6 is 11.3 Å². The Hall–Kier alpha value is -3.41. The molecule has 0 aliphatic carbocycles. The van der Waals surface area contributed by atoms with Crippen LogP contribution in [0.25, 0.3) is 0 Å². The van der Waals surface area contributed by atoms with Crippen LogP contribution in [0.15, 0.2) is 24.3 Å². The molecule has 0 bridgehead atoms. The van der Waals surface area contributed by atoms with Gasteiger partial charge in [0.05, 0.1) is 22.6 Å². The zero-order chi connectivity index (χ0) is 24.1. The summed E-state index contributed by atoms with van der Waals surface area (Å²) < 4.78 is 50.0. The Kier molecular flexibility index (Phi) is 7.97. The van der Waals surface area contributed by atoms with Gasteiger partial charge in [0, 0.05) is 0 Å². The van der Waals surface area contributed by atoms with E-state index in [9.17, 15) is 32.3 Å². The lowest BCUT2D eigenvalue weighted by Crippen LogP contribution is -2.22. The van der Waals surface area contributed by atoms with Crippen molar-refractivity contribution in [2.45, 2.75) is 27.1 Å². The molecule has 0 unspecified atom stereocenters. The van der Waals surface area contributed by atoms with Gasteiger partial charge in [-0.3, -0.25) is 9.59 Å². The lowest BCUT2D eigenvalue weighted by molar-refractivity contribution is -0.274. The molecule has 172 valence electrons. The molecule has 12 heteroatoms. The Morgan fingerprint density at radius 3 is 2.19 bits per heavy atom. The van der Waals surface area contributed by atoms with Crippen molar-refractivity contribution in [2.75, 3.05) is 18.5 Å². The number of thiophene rings is 1. The van der Waals surface area contributed by atoms with Crippen molar-refractivity contribution < 1.29 is 46.6 Å². The highest BCUT2D eigenvalue weighted by molar-refractivity contribution is 7.18. The number of Topliss-reactive ketones (excluding diaryl/α,β-unsaturated/α-hetero) is 1. The lowest BCUT2D eigenvalue weighted by atomic mass is 10.1. The van der Waals surface area contributed by atoms with Gasteiger partial charge in [0.25, 0.3) is 5.91 Å². The topological polar surface area (TPSA) is 108 Å². The first-order chi connectivity index (χ1) is 14.9. The standard InChI is InChI=1S/C20H18F3NO7S/c1-4-29-19(28)15-10(2)16(11(3)25)32-17(15)24-14(26)9-30-18(27)12-5-7-13(8-6-12)31-20(21,22)23/h5-8H,4,9H2,1-3H3,(H,24,26). The molecule has 0 aliphatic rings. The zero-order valence-electron chi connectivity index (χ0n) is 17.1. The predicted octanol–water partition coefficient (Wildman–Crippen LogP) is 4.13. The molecule has 2 rings (SSSR count). The van der Waals surface area contributed by atoms with Gasteiger partial charge < -0.3 is 19.5 Å². The van der Waals surface area contributed by atoms with Crippen LogP contribution in [-0.2, 0) is 14.3 Å². The fraction of sp³-hybridized carbons (Fsp3) is 0.300. The number of rotatable bonds is 8. The lowest BCUT2D eigenvalue weighted by Gasteiger charge is -2.10. The molecule has 1 aromatic carbocycles. The van der Waals surface area contributed by atoms with Crippen molar-refractivity contribution in [1.29, 1.82) is 0 Å². The zero-order valence-corrected chi connectivity index (χ0v) is 17.9. The molecular weight excluding hydrogens is 455 g/mol. The third-order valence-electron chi connectivity index (χ3n) is 3.86. The molecule has 1 N–H and O–H groups in total. The van der Waals surface area contributed by atoms with Gasteiger partial charge in [-0.2, -0.15) is 0 Å². The quantitative estimate of drug-likeness (QED) is 0.454. The summed E-state index contributed by atoms with van der Waals surface area (Å²) in [5, 5.41) is 2.48. The van der Waals surface area contributed by atoms with Gasteiger partial charge in [0.1, 0.15) is 10.8 Å². The highest BCUT2D eigenvalue weighted by Crippen LogP contribution is 2.34. The first-order valence-electron chi connectivity index (χ1n) is 9.07. The van der Waals surface area contributed by atoms with Gasteiger partial charge in [-0.15, -0.1) is 24.5 Å². The minimum atomic E-state index is -4.87. The molecule has 0 saturated heterocycles. The van der Waals surface area contributed by atoms with Crippen molar-refractivity contribution in [2.24, 2.45) is 0 Å². The number of ketones is 1. The van der Waals surface area contributed by atoms with Gasteiger partial charge in [-0.25, -0.2) is 9.59 Å². The molecule has 0 aliphatic heterocycles. The third kappa shape index (κ3) is 6.54. The fourth-order valence-electron chi connectivity index (χ4n) is 2.56. The molecule has 0 saturated carbocycles. The summed E-state index contributed by atoms with van der Waals surface area (Å²) >= 11 is 0.885. The third-order valence-corrected chi connectivity index (χ3v) is 5.17. The second kappa shape index (κ2) is 10.3. The number of alkyl halides is 3. The van der Waals surface area contributed by atoms with Crippen LogP contribution in [0, 0.1) is 6.92 Å². The number of hydrogen-bond donors (Lipinski definition) is 1. The van der Waals surface area contributed by atoms with E-state index < -0.39 is 36.6 Å². The van der Waals surface area contributed by atoms with Crippen LogP contribution in [0.5, 0.6) is 5.75 Å². The maximum Gasteiger partial charge on any atom is 0.573 e. The van der Waals surface area contributed by atoms with E-state index in [1.807, 2.05) is 0 Å². The minimum Gasteiger partial charge on any atom is -0.462 e. The number of hydrogen-bond acceptors (Lipinski definition) is 8. The monoisotopic (exact) mass is 473 g/mol. The molecule has 0 atom stereocenters. The molecule has 1 amide bonds. The Morgan fingerprint density at radius 1 is 1.03 bits per heavy atom. The van der Waals surface area contributed by atoms with E-state index in [1.165, 1.54) is 6.92 Å².